The lowest BCUT2D eigenvalue weighted by Gasteiger charge is -2.28. The Balaban J connectivity index is 2.32. The van der Waals surface area contributed by atoms with E-state index >= 15 is 0 Å². The van der Waals surface area contributed by atoms with Crippen molar-refractivity contribution in [2.45, 2.75) is 11.9 Å². The first-order valence-electron chi connectivity index (χ1n) is 5.28. The number of allylic oxidation sites excluding steroid dienone is 2. The van der Waals surface area contributed by atoms with Crippen LogP contribution in [0.15, 0.2) is 48.1 Å². The van der Waals surface area contributed by atoms with Crippen LogP contribution >= 0.6 is 0 Å². The van der Waals surface area contributed by atoms with Crippen molar-refractivity contribution in [3.05, 3.63) is 53.6 Å². The first-order chi connectivity index (χ1) is 8.42. The number of rotatable bonds is 2. The smallest absolute Gasteiger partial charge is 0.214 e. The van der Waals surface area contributed by atoms with Crippen LogP contribution in [-0.2, 0) is 0 Å². The molecule has 18 heavy (non-hydrogen) atoms. The Morgan fingerprint density at radius 2 is 1.78 bits per heavy atom. The van der Waals surface area contributed by atoms with Gasteiger partial charge >= 0.3 is 0 Å². The average molecular weight is 248 g/mol. The summed E-state index contributed by atoms with van der Waals surface area (Å²) in [5.74, 6) is -2.96. The van der Waals surface area contributed by atoms with Gasteiger partial charge in [0, 0.05) is 11.1 Å². The van der Waals surface area contributed by atoms with Crippen LogP contribution in [0.25, 0.3) is 0 Å². The minimum Gasteiger partial charge on any atom is -0.508 e. The molecule has 5 nitrogen and oxygen atoms in total. The number of aromatic hydroxyl groups is 1. The van der Waals surface area contributed by atoms with Crippen molar-refractivity contribution >= 4 is 5.78 Å². The van der Waals surface area contributed by atoms with Crippen molar-refractivity contribution < 1.29 is 25.2 Å². The molecule has 4 N–H and O–H groups in total. The van der Waals surface area contributed by atoms with E-state index < -0.39 is 17.7 Å². The Morgan fingerprint density at radius 3 is 2.39 bits per heavy atom. The van der Waals surface area contributed by atoms with Gasteiger partial charge in [0.05, 0.1) is 0 Å². The van der Waals surface area contributed by atoms with E-state index in [0.29, 0.717) is 0 Å². The predicted molar refractivity (Wildman–Crippen MR) is 62.8 cm³/mol. The van der Waals surface area contributed by atoms with Gasteiger partial charge in [0.2, 0.25) is 5.79 Å². The summed E-state index contributed by atoms with van der Waals surface area (Å²) >= 11 is 0. The van der Waals surface area contributed by atoms with Crippen LogP contribution in [-0.4, -0.2) is 38.1 Å². The van der Waals surface area contributed by atoms with Gasteiger partial charge < -0.3 is 20.4 Å². The van der Waals surface area contributed by atoms with Crippen molar-refractivity contribution in [2.24, 2.45) is 0 Å². The molecule has 1 unspecified atom stereocenters. The summed E-state index contributed by atoms with van der Waals surface area (Å²) in [4.78, 5) is 12.0. The number of aliphatic hydroxyl groups is 3. The molecule has 0 aromatic heterocycles. The second-order valence-electron chi connectivity index (χ2n) is 4.04. The van der Waals surface area contributed by atoms with Crippen LogP contribution in [0.3, 0.4) is 0 Å². The monoisotopic (exact) mass is 248 g/mol. The molecule has 0 fully saturated rings. The lowest BCUT2D eigenvalue weighted by molar-refractivity contribution is -0.176. The lowest BCUT2D eigenvalue weighted by atomic mass is 9.90. The third-order valence-corrected chi connectivity index (χ3v) is 2.71. The van der Waals surface area contributed by atoms with E-state index in [1.807, 2.05) is 0 Å². The van der Waals surface area contributed by atoms with Gasteiger partial charge in [-0.3, -0.25) is 4.79 Å². The summed E-state index contributed by atoms with van der Waals surface area (Å²) < 4.78 is 0. The number of aliphatic hydroxyl groups excluding tert-OH is 1. The summed E-state index contributed by atoms with van der Waals surface area (Å²) in [5.41, 5.74) is 0.123. The maximum Gasteiger partial charge on any atom is 0.214 e. The van der Waals surface area contributed by atoms with Crippen molar-refractivity contribution in [1.82, 2.24) is 0 Å². The van der Waals surface area contributed by atoms with Crippen LogP contribution < -0.4 is 0 Å². The van der Waals surface area contributed by atoms with Crippen LogP contribution in [0.2, 0.25) is 0 Å². The zero-order valence-electron chi connectivity index (χ0n) is 9.32. The summed E-state index contributed by atoms with van der Waals surface area (Å²) in [7, 11) is 0. The topological polar surface area (TPSA) is 98.0 Å². The van der Waals surface area contributed by atoms with E-state index in [1.165, 1.54) is 36.4 Å². The largest absolute Gasteiger partial charge is 0.508 e. The van der Waals surface area contributed by atoms with E-state index in [-0.39, 0.29) is 16.9 Å². The molecular formula is C13H12O5. The minimum atomic E-state index is -2.45. The molecular weight excluding hydrogens is 236 g/mol. The van der Waals surface area contributed by atoms with E-state index in [4.69, 9.17) is 5.11 Å². The SMILES string of the molecule is O=C(C1=CC=CC(O)(O)C1O)c1ccc(O)cc1. The van der Waals surface area contributed by atoms with Crippen molar-refractivity contribution in [3.63, 3.8) is 0 Å². The maximum absolute atomic E-state index is 12.0. The third-order valence-electron chi connectivity index (χ3n) is 2.71. The molecule has 1 aliphatic rings. The van der Waals surface area contributed by atoms with E-state index in [9.17, 15) is 20.1 Å². The maximum atomic E-state index is 12.0. The van der Waals surface area contributed by atoms with E-state index in [0.717, 1.165) is 6.08 Å². The molecule has 5 heteroatoms. The van der Waals surface area contributed by atoms with E-state index in [2.05, 4.69) is 0 Å². The predicted octanol–water partition coefficient (Wildman–Crippen LogP) is 0.113. The first kappa shape index (κ1) is 12.5. The Morgan fingerprint density at radius 1 is 1.17 bits per heavy atom. The number of carbonyl (C=O) groups excluding carboxylic acids is 1. The molecule has 0 heterocycles. The number of benzene rings is 1. The van der Waals surface area contributed by atoms with Gasteiger partial charge in [0.1, 0.15) is 11.9 Å². The Kier molecular flexibility index (Phi) is 3.04. The van der Waals surface area contributed by atoms with Gasteiger partial charge in [-0.25, -0.2) is 0 Å². The van der Waals surface area contributed by atoms with Crippen molar-refractivity contribution in [1.29, 1.82) is 0 Å². The third kappa shape index (κ3) is 2.19. The average Bonchev–Trinajstić information content (AvgIpc) is 2.33. The van der Waals surface area contributed by atoms with Crippen molar-refractivity contribution in [3.8, 4) is 5.75 Å². The highest BCUT2D eigenvalue weighted by molar-refractivity contribution is 6.09. The Hall–Kier alpha value is -1.95. The molecule has 94 valence electrons. The molecule has 1 aromatic rings. The number of hydrogen-bond acceptors (Lipinski definition) is 5. The fourth-order valence-electron chi connectivity index (χ4n) is 1.68. The first-order valence-corrected chi connectivity index (χ1v) is 5.28. The van der Waals surface area contributed by atoms with Gasteiger partial charge in [-0.1, -0.05) is 12.2 Å². The number of carbonyl (C=O) groups is 1. The highest BCUT2D eigenvalue weighted by atomic mass is 16.5. The number of phenols is 1. The molecule has 1 aromatic carbocycles. The molecule has 2 rings (SSSR count). The van der Waals surface area contributed by atoms with Crippen molar-refractivity contribution in [2.75, 3.05) is 0 Å². The molecule has 1 atom stereocenters. The quantitative estimate of drug-likeness (QED) is 0.440. The fourth-order valence-corrected chi connectivity index (χ4v) is 1.68. The van der Waals surface area contributed by atoms with Gasteiger partial charge in [-0.15, -0.1) is 0 Å². The van der Waals surface area contributed by atoms with Gasteiger partial charge in [0.15, 0.2) is 5.78 Å². The van der Waals surface area contributed by atoms with Crippen LogP contribution in [0.4, 0.5) is 0 Å². The molecule has 0 aliphatic heterocycles. The van der Waals surface area contributed by atoms with Crippen LogP contribution in [0, 0.1) is 0 Å². The number of phenolic OH excluding ortho intramolecular Hbond substituents is 1. The number of hydrogen-bond donors (Lipinski definition) is 4. The van der Waals surface area contributed by atoms with E-state index in [1.54, 1.807) is 0 Å². The molecule has 0 amide bonds. The molecule has 0 bridgehead atoms. The fraction of sp³-hybridized carbons (Fsp3) is 0.154. The summed E-state index contributed by atoms with van der Waals surface area (Å²) in [6.45, 7) is 0. The Bertz CT molecular complexity index is 525. The molecule has 0 saturated heterocycles. The second kappa shape index (κ2) is 4.38. The number of ketones is 1. The molecule has 1 aliphatic carbocycles. The highest BCUT2D eigenvalue weighted by Crippen LogP contribution is 2.24. The normalized spacial score (nSPS) is 21.5. The minimum absolute atomic E-state index is 0.0169. The van der Waals surface area contributed by atoms with Gasteiger partial charge in [-0.05, 0) is 30.3 Å². The summed E-state index contributed by atoms with van der Waals surface area (Å²) in [6, 6.07) is 5.45. The Labute approximate surface area is 103 Å². The number of Topliss-reactive ketones (excluding diaryl/α,β-unsaturated/α-hetero) is 1. The second-order valence-corrected chi connectivity index (χ2v) is 4.04. The molecule has 0 saturated carbocycles. The zero-order chi connectivity index (χ0) is 13.3. The molecule has 0 spiro atoms. The van der Waals surface area contributed by atoms with Gasteiger partial charge in [-0.2, -0.15) is 0 Å². The molecule has 0 radical (unpaired) electrons. The van der Waals surface area contributed by atoms with Gasteiger partial charge in [0.25, 0.3) is 0 Å². The lowest BCUT2D eigenvalue weighted by Crippen LogP contribution is -2.44. The standard InChI is InChI=1S/C13H12O5/c14-9-5-3-8(4-6-9)11(15)10-2-1-7-13(17,18)12(10)16/h1-7,12,14,16-18H. The van der Waals surface area contributed by atoms with Crippen LogP contribution in [0.5, 0.6) is 5.75 Å². The summed E-state index contributed by atoms with van der Waals surface area (Å²) in [6.07, 6.45) is 1.90. The summed E-state index contributed by atoms with van der Waals surface area (Å²) in [5, 5.41) is 37.7. The zero-order valence-corrected chi connectivity index (χ0v) is 9.32. The van der Waals surface area contributed by atoms with Crippen LogP contribution in [0.1, 0.15) is 10.4 Å². The highest BCUT2D eigenvalue weighted by Gasteiger charge is 2.37.